The number of rotatable bonds is 3. The average Bonchev–Trinajstić information content (AvgIpc) is 2.87. The molecule has 0 saturated heterocycles. The van der Waals surface area contributed by atoms with E-state index < -0.39 is 0 Å². The maximum atomic E-state index is 12.0. The predicted octanol–water partition coefficient (Wildman–Crippen LogP) is 0.943. The summed E-state index contributed by atoms with van der Waals surface area (Å²) < 4.78 is 1.63. The maximum absolute atomic E-state index is 12.0. The number of aryl methyl sites for hydroxylation is 2. The van der Waals surface area contributed by atoms with Gasteiger partial charge in [-0.2, -0.15) is 10.2 Å². The van der Waals surface area contributed by atoms with Gasteiger partial charge in [-0.05, 0) is 13.8 Å². The Balaban J connectivity index is 2.09. The third kappa shape index (κ3) is 2.35. The maximum Gasteiger partial charge on any atom is 0.255 e. The van der Waals surface area contributed by atoms with Crippen LogP contribution in [0.2, 0.25) is 0 Å². The van der Waals surface area contributed by atoms with Crippen molar-refractivity contribution in [2.75, 3.05) is 0 Å². The quantitative estimate of drug-likeness (QED) is 0.828. The van der Waals surface area contributed by atoms with Crippen LogP contribution in [-0.4, -0.2) is 25.9 Å². The molecule has 1 unspecified atom stereocenters. The van der Waals surface area contributed by atoms with E-state index in [0.29, 0.717) is 5.56 Å². The van der Waals surface area contributed by atoms with Crippen LogP contribution >= 0.6 is 0 Å². The molecule has 6 nitrogen and oxygen atoms in total. The van der Waals surface area contributed by atoms with Gasteiger partial charge < -0.3 is 5.32 Å². The van der Waals surface area contributed by atoms with Crippen LogP contribution in [0.25, 0.3) is 0 Å². The van der Waals surface area contributed by atoms with Crippen LogP contribution in [0.15, 0.2) is 18.6 Å². The number of hydrogen-bond acceptors (Lipinski definition) is 3. The van der Waals surface area contributed by atoms with Gasteiger partial charge in [-0.25, -0.2) is 0 Å². The van der Waals surface area contributed by atoms with Crippen molar-refractivity contribution in [3.8, 4) is 0 Å². The third-order valence-electron chi connectivity index (χ3n) is 2.63. The second kappa shape index (κ2) is 4.40. The first-order valence-corrected chi connectivity index (χ1v) is 5.37. The molecule has 2 heterocycles. The summed E-state index contributed by atoms with van der Waals surface area (Å²) in [6, 6.07) is -0.0825. The smallest absolute Gasteiger partial charge is 0.255 e. The van der Waals surface area contributed by atoms with Gasteiger partial charge in [0.15, 0.2) is 0 Å². The summed E-state index contributed by atoms with van der Waals surface area (Å²) in [5.41, 5.74) is 2.27. The Kier molecular flexibility index (Phi) is 2.95. The lowest BCUT2D eigenvalue weighted by molar-refractivity contribution is 0.0939. The molecule has 2 aromatic rings. The minimum absolute atomic E-state index is 0.0825. The van der Waals surface area contributed by atoms with Gasteiger partial charge in [-0.1, -0.05) is 0 Å². The molecule has 0 bridgehead atoms. The lowest BCUT2D eigenvalue weighted by Crippen LogP contribution is -2.26. The highest BCUT2D eigenvalue weighted by Crippen LogP contribution is 2.11. The predicted molar refractivity (Wildman–Crippen MR) is 62.4 cm³/mol. The third-order valence-corrected chi connectivity index (χ3v) is 2.63. The number of nitrogens with zero attached hydrogens (tertiary/aromatic N) is 3. The molecule has 0 spiro atoms. The topological polar surface area (TPSA) is 75.6 Å². The van der Waals surface area contributed by atoms with Crippen LogP contribution in [0.1, 0.15) is 34.6 Å². The van der Waals surface area contributed by atoms with Gasteiger partial charge in [0, 0.05) is 25.0 Å². The number of amides is 1. The summed E-state index contributed by atoms with van der Waals surface area (Å²) in [5.74, 6) is -0.121. The highest BCUT2D eigenvalue weighted by atomic mass is 16.1. The SMILES string of the molecule is Cc1nn(C)cc1C(=O)NC(C)c1cn[nH]c1. The van der Waals surface area contributed by atoms with Gasteiger partial charge in [-0.15, -0.1) is 0 Å². The second-order valence-electron chi connectivity index (χ2n) is 4.03. The zero-order valence-electron chi connectivity index (χ0n) is 10.1. The zero-order valence-corrected chi connectivity index (χ0v) is 10.1. The molecule has 2 aromatic heterocycles. The molecular formula is C11H15N5O. The summed E-state index contributed by atoms with van der Waals surface area (Å²) in [4.78, 5) is 12.0. The Morgan fingerprint density at radius 3 is 2.88 bits per heavy atom. The van der Waals surface area contributed by atoms with Crippen molar-refractivity contribution < 1.29 is 4.79 Å². The molecule has 17 heavy (non-hydrogen) atoms. The Hall–Kier alpha value is -2.11. The van der Waals surface area contributed by atoms with E-state index in [1.54, 1.807) is 30.3 Å². The van der Waals surface area contributed by atoms with Gasteiger partial charge in [-0.3, -0.25) is 14.6 Å². The highest BCUT2D eigenvalue weighted by molar-refractivity contribution is 5.95. The first kappa shape index (κ1) is 11.4. The number of hydrogen-bond donors (Lipinski definition) is 2. The van der Waals surface area contributed by atoms with Crippen LogP contribution in [0.5, 0.6) is 0 Å². The molecule has 0 radical (unpaired) electrons. The van der Waals surface area contributed by atoms with Crippen LogP contribution < -0.4 is 5.32 Å². The molecular weight excluding hydrogens is 218 g/mol. The number of carbonyl (C=O) groups excluding carboxylic acids is 1. The molecule has 0 aliphatic rings. The summed E-state index contributed by atoms with van der Waals surface area (Å²) in [5, 5.41) is 13.6. The van der Waals surface area contributed by atoms with Crippen LogP contribution in [0, 0.1) is 6.92 Å². The Labute approximate surface area is 99.0 Å². The Morgan fingerprint density at radius 2 is 2.35 bits per heavy atom. The van der Waals surface area contributed by atoms with Crippen molar-refractivity contribution in [1.82, 2.24) is 25.3 Å². The molecule has 0 aromatic carbocycles. The summed E-state index contributed by atoms with van der Waals surface area (Å²) >= 11 is 0. The largest absolute Gasteiger partial charge is 0.345 e. The van der Waals surface area contributed by atoms with Crippen LogP contribution in [-0.2, 0) is 7.05 Å². The van der Waals surface area contributed by atoms with E-state index in [1.807, 2.05) is 13.8 Å². The molecule has 6 heteroatoms. The van der Waals surface area contributed by atoms with Gasteiger partial charge >= 0.3 is 0 Å². The lowest BCUT2D eigenvalue weighted by Gasteiger charge is -2.11. The standard InChI is InChI=1S/C11H15N5O/c1-7(9-4-12-13-5-9)14-11(17)10-6-16(3)15-8(10)2/h4-7H,1-3H3,(H,12,13)(H,14,17). The summed E-state index contributed by atoms with van der Waals surface area (Å²) in [6.45, 7) is 3.73. The Bertz CT molecular complexity index is 514. The molecule has 2 N–H and O–H groups in total. The lowest BCUT2D eigenvalue weighted by atomic mass is 10.1. The van der Waals surface area contributed by atoms with Crippen molar-refractivity contribution in [3.63, 3.8) is 0 Å². The first-order chi connectivity index (χ1) is 8.08. The van der Waals surface area contributed by atoms with Gasteiger partial charge in [0.1, 0.15) is 0 Å². The van der Waals surface area contributed by atoms with Crippen molar-refractivity contribution in [2.45, 2.75) is 19.9 Å². The zero-order chi connectivity index (χ0) is 12.4. The average molecular weight is 233 g/mol. The summed E-state index contributed by atoms with van der Waals surface area (Å²) in [6.07, 6.45) is 5.18. The first-order valence-electron chi connectivity index (χ1n) is 5.37. The number of aromatic nitrogens is 4. The molecule has 0 aliphatic heterocycles. The Morgan fingerprint density at radius 1 is 1.59 bits per heavy atom. The van der Waals surface area contributed by atoms with Gasteiger partial charge in [0.2, 0.25) is 0 Å². The molecule has 0 fully saturated rings. The molecule has 0 saturated carbocycles. The van der Waals surface area contributed by atoms with E-state index in [9.17, 15) is 4.79 Å². The van der Waals surface area contributed by atoms with E-state index in [0.717, 1.165) is 11.3 Å². The number of aromatic amines is 1. The molecule has 2 rings (SSSR count). The van der Waals surface area contributed by atoms with E-state index in [2.05, 4.69) is 20.6 Å². The molecule has 90 valence electrons. The van der Waals surface area contributed by atoms with Crippen molar-refractivity contribution in [1.29, 1.82) is 0 Å². The van der Waals surface area contributed by atoms with Gasteiger partial charge in [0.25, 0.3) is 5.91 Å². The monoisotopic (exact) mass is 233 g/mol. The second-order valence-corrected chi connectivity index (χ2v) is 4.03. The summed E-state index contributed by atoms with van der Waals surface area (Å²) in [7, 11) is 1.79. The highest BCUT2D eigenvalue weighted by Gasteiger charge is 2.15. The fraction of sp³-hybridized carbons (Fsp3) is 0.364. The van der Waals surface area contributed by atoms with Gasteiger partial charge in [0.05, 0.1) is 23.5 Å². The van der Waals surface area contributed by atoms with Crippen LogP contribution in [0.3, 0.4) is 0 Å². The van der Waals surface area contributed by atoms with E-state index in [-0.39, 0.29) is 11.9 Å². The van der Waals surface area contributed by atoms with Crippen molar-refractivity contribution in [3.05, 3.63) is 35.4 Å². The number of carbonyl (C=O) groups is 1. The van der Waals surface area contributed by atoms with E-state index in [1.165, 1.54) is 0 Å². The van der Waals surface area contributed by atoms with Crippen LogP contribution in [0.4, 0.5) is 0 Å². The minimum atomic E-state index is -0.121. The molecule has 1 atom stereocenters. The molecule has 0 aliphatic carbocycles. The van der Waals surface area contributed by atoms with E-state index in [4.69, 9.17) is 0 Å². The normalized spacial score (nSPS) is 12.4. The van der Waals surface area contributed by atoms with Crippen molar-refractivity contribution in [2.24, 2.45) is 7.05 Å². The fourth-order valence-electron chi connectivity index (χ4n) is 1.68. The fourth-order valence-corrected chi connectivity index (χ4v) is 1.68. The molecule has 1 amide bonds. The van der Waals surface area contributed by atoms with E-state index >= 15 is 0 Å². The van der Waals surface area contributed by atoms with Crippen molar-refractivity contribution >= 4 is 5.91 Å². The number of nitrogens with one attached hydrogen (secondary N) is 2. The minimum Gasteiger partial charge on any atom is -0.345 e. The number of H-pyrrole nitrogens is 1.